The zero-order chi connectivity index (χ0) is 58.6. The first-order chi connectivity index (χ1) is 39.6. The van der Waals surface area contributed by atoms with E-state index in [1.54, 1.807) is 0 Å². The Morgan fingerprint density at radius 2 is 0.765 bits per heavy atom. The number of aliphatic hydroxyl groups is 7. The Morgan fingerprint density at radius 1 is 0.407 bits per heavy atom. The Bertz CT molecular complexity index is 1800. The number of ether oxygens (including phenoxy) is 6. The molecule has 2 aliphatic rings. The fourth-order valence-corrected chi connectivity index (χ4v) is 9.04. The molecule has 0 saturated carbocycles. The van der Waals surface area contributed by atoms with Gasteiger partial charge in [-0.25, -0.2) is 0 Å². The van der Waals surface area contributed by atoms with Gasteiger partial charge in [0.2, 0.25) is 0 Å². The third kappa shape index (κ3) is 38.1. The SMILES string of the molecule is CC/C=C\C/C=C\C/C=C\C/C=C\C/C=C\CCCCCCCCCCCCOCC(COC1OC(COC2OC(CO)C(O)C(O)C2O)C(O)C(O)C1O)OC(=O)CCCCCCC/C=C\C/C=C\C/C=C\C/C=C\C/C=C\CC. The predicted molar refractivity (Wildman–Crippen MR) is 325 cm³/mol. The van der Waals surface area contributed by atoms with Gasteiger partial charge in [-0.15, -0.1) is 0 Å². The van der Waals surface area contributed by atoms with Crippen molar-refractivity contribution >= 4 is 5.97 Å². The fraction of sp³-hybridized carbons (Fsp3) is 0.687. The highest BCUT2D eigenvalue weighted by Gasteiger charge is 2.47. The van der Waals surface area contributed by atoms with Gasteiger partial charge in [0.15, 0.2) is 12.6 Å². The average Bonchev–Trinajstić information content (AvgIpc) is 3.60. The van der Waals surface area contributed by atoms with Crippen molar-refractivity contribution in [2.75, 3.05) is 33.0 Å². The van der Waals surface area contributed by atoms with Crippen LogP contribution in [0.15, 0.2) is 122 Å². The van der Waals surface area contributed by atoms with Gasteiger partial charge in [-0.3, -0.25) is 4.79 Å². The van der Waals surface area contributed by atoms with E-state index < -0.39 is 86.7 Å². The molecule has 2 fully saturated rings. The van der Waals surface area contributed by atoms with Crippen molar-refractivity contribution in [3.63, 3.8) is 0 Å². The van der Waals surface area contributed by atoms with Gasteiger partial charge in [-0.2, -0.15) is 0 Å². The van der Waals surface area contributed by atoms with Crippen LogP contribution in [0.1, 0.15) is 194 Å². The second-order valence-electron chi connectivity index (χ2n) is 21.1. The third-order valence-corrected chi connectivity index (χ3v) is 14.0. The van der Waals surface area contributed by atoms with Crippen molar-refractivity contribution in [2.24, 2.45) is 0 Å². The van der Waals surface area contributed by atoms with E-state index in [2.05, 4.69) is 135 Å². The molecule has 81 heavy (non-hydrogen) atoms. The van der Waals surface area contributed by atoms with Crippen LogP contribution in [0.2, 0.25) is 0 Å². The number of carbonyl (C=O) groups excluding carboxylic acids is 1. The van der Waals surface area contributed by atoms with Gasteiger partial charge < -0.3 is 64.2 Å². The number of carbonyl (C=O) groups is 1. The molecule has 7 N–H and O–H groups in total. The lowest BCUT2D eigenvalue weighted by Gasteiger charge is -2.42. The van der Waals surface area contributed by atoms with Gasteiger partial charge >= 0.3 is 5.97 Å². The minimum Gasteiger partial charge on any atom is -0.457 e. The monoisotopic (exact) mass is 1140 g/mol. The Hall–Kier alpha value is -3.61. The highest BCUT2D eigenvalue weighted by atomic mass is 16.7. The molecule has 0 aliphatic carbocycles. The Kier molecular flexibility index (Phi) is 47.2. The lowest BCUT2D eigenvalue weighted by molar-refractivity contribution is -0.332. The van der Waals surface area contributed by atoms with Gasteiger partial charge in [0.1, 0.15) is 54.9 Å². The van der Waals surface area contributed by atoms with Crippen LogP contribution in [0.4, 0.5) is 0 Å². The van der Waals surface area contributed by atoms with E-state index in [-0.39, 0.29) is 19.6 Å². The van der Waals surface area contributed by atoms with E-state index >= 15 is 0 Å². The largest absolute Gasteiger partial charge is 0.457 e. The van der Waals surface area contributed by atoms with Gasteiger partial charge in [-0.1, -0.05) is 206 Å². The maximum absolute atomic E-state index is 13.1. The van der Waals surface area contributed by atoms with E-state index in [0.717, 1.165) is 122 Å². The first-order valence-corrected chi connectivity index (χ1v) is 31.1. The number of hydrogen-bond donors (Lipinski definition) is 7. The summed E-state index contributed by atoms with van der Waals surface area (Å²) in [7, 11) is 0. The molecule has 14 nitrogen and oxygen atoms in total. The van der Waals surface area contributed by atoms with Crippen LogP contribution in [0.25, 0.3) is 0 Å². The molecular formula is C67H110O14. The van der Waals surface area contributed by atoms with Crippen LogP contribution in [0.3, 0.4) is 0 Å². The predicted octanol–water partition coefficient (Wildman–Crippen LogP) is 12.1. The maximum Gasteiger partial charge on any atom is 0.306 e. The minimum absolute atomic E-state index is 0.0419. The highest BCUT2D eigenvalue weighted by Crippen LogP contribution is 2.26. The fourth-order valence-electron chi connectivity index (χ4n) is 9.04. The number of unbranched alkanes of at least 4 members (excludes halogenated alkanes) is 15. The van der Waals surface area contributed by atoms with Crippen molar-refractivity contribution in [1.29, 1.82) is 0 Å². The summed E-state index contributed by atoms with van der Waals surface area (Å²) in [6.07, 6.45) is 56.8. The zero-order valence-electron chi connectivity index (χ0n) is 49.7. The molecule has 0 amide bonds. The number of hydrogen-bond acceptors (Lipinski definition) is 14. The summed E-state index contributed by atoms with van der Waals surface area (Å²) in [6, 6.07) is 0. The summed E-state index contributed by atoms with van der Waals surface area (Å²) in [5.74, 6) is -0.400. The molecule has 0 spiro atoms. The summed E-state index contributed by atoms with van der Waals surface area (Å²) in [6.45, 7) is 3.41. The molecule has 462 valence electrons. The van der Waals surface area contributed by atoms with Gasteiger partial charge in [0.25, 0.3) is 0 Å². The molecule has 0 aromatic heterocycles. The van der Waals surface area contributed by atoms with E-state index in [1.165, 1.54) is 44.9 Å². The van der Waals surface area contributed by atoms with E-state index in [4.69, 9.17) is 28.4 Å². The molecule has 0 radical (unpaired) electrons. The second-order valence-corrected chi connectivity index (χ2v) is 21.1. The average molecular weight is 1140 g/mol. The number of allylic oxidation sites excluding steroid dienone is 20. The quantitative estimate of drug-likeness (QED) is 0.0172. The van der Waals surface area contributed by atoms with Crippen molar-refractivity contribution < 1.29 is 69.0 Å². The lowest BCUT2D eigenvalue weighted by Crippen LogP contribution is -2.61. The van der Waals surface area contributed by atoms with Gasteiger partial charge in [0.05, 0.1) is 26.4 Å². The third-order valence-electron chi connectivity index (χ3n) is 14.0. The number of rotatable bonds is 49. The number of esters is 1. The van der Waals surface area contributed by atoms with Gasteiger partial charge in [-0.05, 0) is 103 Å². The topological polar surface area (TPSA) is 214 Å². The molecule has 2 rings (SSSR count). The molecule has 2 heterocycles. The molecular weight excluding hydrogens is 1030 g/mol. The lowest BCUT2D eigenvalue weighted by atomic mass is 9.98. The van der Waals surface area contributed by atoms with E-state index in [0.29, 0.717) is 13.0 Å². The normalized spacial score (nSPS) is 24.6. The minimum atomic E-state index is -1.72. The Morgan fingerprint density at radius 3 is 1.20 bits per heavy atom. The van der Waals surface area contributed by atoms with Gasteiger partial charge in [0, 0.05) is 13.0 Å². The first kappa shape index (κ1) is 73.5. The smallest absolute Gasteiger partial charge is 0.306 e. The molecule has 0 aromatic rings. The summed E-state index contributed by atoms with van der Waals surface area (Å²) >= 11 is 0. The van der Waals surface area contributed by atoms with Crippen molar-refractivity contribution in [1.82, 2.24) is 0 Å². The van der Waals surface area contributed by atoms with E-state index in [9.17, 15) is 40.5 Å². The summed E-state index contributed by atoms with van der Waals surface area (Å²) in [4.78, 5) is 13.1. The summed E-state index contributed by atoms with van der Waals surface area (Å²) in [5, 5.41) is 72.5. The van der Waals surface area contributed by atoms with Crippen molar-refractivity contribution in [3.05, 3.63) is 122 Å². The molecule has 11 unspecified atom stereocenters. The maximum atomic E-state index is 13.1. The van der Waals surface area contributed by atoms with Crippen molar-refractivity contribution in [2.45, 2.75) is 261 Å². The van der Waals surface area contributed by atoms with Crippen LogP contribution in [-0.4, -0.2) is 142 Å². The molecule has 0 aromatic carbocycles. The van der Waals surface area contributed by atoms with Crippen molar-refractivity contribution in [3.8, 4) is 0 Å². The van der Waals surface area contributed by atoms with Crippen LogP contribution in [0.5, 0.6) is 0 Å². The Labute approximate surface area is 488 Å². The Balaban J connectivity index is 1.70. The van der Waals surface area contributed by atoms with Crippen LogP contribution < -0.4 is 0 Å². The molecule has 0 bridgehead atoms. The summed E-state index contributed by atoms with van der Waals surface area (Å²) < 4.78 is 34.4. The standard InChI is InChI=1S/C67H110O14/c1-3-5-7-9-11-13-15-17-19-21-23-25-26-27-28-29-31-33-35-37-39-41-43-45-47-49-51-76-53-56(54-77-66-65(75)63(73)61(71)58(81-66)55-78-67-64(74)62(72)60(70)57(52-68)80-67)79-59(69)50-48-46-44-42-40-38-36-34-32-30-24-22-20-18-16-14-12-10-8-6-4-2/h5-8,11-14,17-20,23-25,27-28,30,34,36,56-58,60-68,70-75H,3-4,9-10,15-16,21-22,26,29,31-33,35,37-55H2,1-2H3/b7-5-,8-6-,13-11-,14-12-,19-17-,20-18-,25-23-,28-27-,30-24-,36-34-. The number of aliphatic hydroxyl groups excluding tert-OH is 7. The van der Waals surface area contributed by atoms with Crippen LogP contribution >= 0.6 is 0 Å². The van der Waals surface area contributed by atoms with E-state index in [1.807, 2.05) is 0 Å². The van der Waals surface area contributed by atoms with Crippen LogP contribution in [-0.2, 0) is 33.2 Å². The zero-order valence-corrected chi connectivity index (χ0v) is 49.7. The summed E-state index contributed by atoms with van der Waals surface area (Å²) in [5.41, 5.74) is 0. The first-order valence-electron chi connectivity index (χ1n) is 31.1. The molecule has 14 heteroatoms. The second kappa shape index (κ2) is 52.0. The molecule has 11 atom stereocenters. The highest BCUT2D eigenvalue weighted by molar-refractivity contribution is 5.69. The van der Waals surface area contributed by atoms with Crippen LogP contribution in [0, 0.1) is 0 Å². The molecule has 2 saturated heterocycles. The molecule has 2 aliphatic heterocycles.